The molecular weight excluding hydrogens is 344 g/mol. The summed E-state index contributed by atoms with van der Waals surface area (Å²) >= 11 is 6.86. The summed E-state index contributed by atoms with van der Waals surface area (Å²) in [5.74, 6) is 2.42. The molecule has 0 N–H and O–H groups in total. The second-order valence-corrected chi connectivity index (χ2v) is 6.76. The van der Waals surface area contributed by atoms with Crippen LogP contribution in [-0.4, -0.2) is 33.8 Å². The van der Waals surface area contributed by atoms with Crippen LogP contribution in [0.5, 0.6) is 0 Å². The topological polar surface area (TPSA) is 33.2 Å². The highest BCUT2D eigenvalue weighted by atomic mass is 79.9. The van der Waals surface area contributed by atoms with Gasteiger partial charge in [-0.05, 0) is 37.9 Å². The van der Waals surface area contributed by atoms with E-state index in [9.17, 15) is 4.21 Å². The van der Waals surface area contributed by atoms with Crippen molar-refractivity contribution in [3.05, 3.63) is 21.2 Å². The molecule has 0 unspecified atom stereocenters. The number of nitrogens with zero attached hydrogens (tertiary/aromatic N) is 2. The molecule has 1 aromatic rings. The van der Waals surface area contributed by atoms with Crippen LogP contribution >= 0.6 is 31.9 Å². The third-order valence-electron chi connectivity index (χ3n) is 2.27. The fourth-order valence-corrected chi connectivity index (χ4v) is 3.78. The zero-order valence-corrected chi connectivity index (χ0v) is 11.9. The van der Waals surface area contributed by atoms with E-state index >= 15 is 0 Å². The predicted octanol–water partition coefficient (Wildman–Crippen LogP) is 2.18. The Kier molecular flexibility index (Phi) is 3.79. The van der Waals surface area contributed by atoms with E-state index in [4.69, 9.17) is 0 Å². The summed E-state index contributed by atoms with van der Waals surface area (Å²) in [5, 5.41) is 0. The second-order valence-electron chi connectivity index (χ2n) is 3.29. The molecule has 0 spiro atoms. The summed E-state index contributed by atoms with van der Waals surface area (Å²) in [4.78, 5) is 6.52. The van der Waals surface area contributed by atoms with Gasteiger partial charge in [-0.2, -0.15) is 0 Å². The van der Waals surface area contributed by atoms with Gasteiger partial charge < -0.3 is 4.90 Å². The maximum Gasteiger partial charge on any atom is 0.142 e. The monoisotopic (exact) mass is 352 g/mol. The molecule has 82 valence electrons. The highest BCUT2D eigenvalue weighted by Gasteiger charge is 2.18. The van der Waals surface area contributed by atoms with Crippen molar-refractivity contribution in [1.29, 1.82) is 0 Å². The number of aromatic nitrogens is 1. The molecular formula is C9H10Br2N2OS. The van der Waals surface area contributed by atoms with Gasteiger partial charge in [0.25, 0.3) is 0 Å². The standard InChI is InChI=1S/C9H10Br2N2OS/c10-7-5-8(11)9(12-6-7)13-1-3-15(14)4-2-13/h5-6H,1-4H2. The maximum absolute atomic E-state index is 11.2. The lowest BCUT2D eigenvalue weighted by atomic mass is 10.4. The molecule has 2 heterocycles. The molecule has 0 saturated carbocycles. The Morgan fingerprint density at radius 2 is 2.00 bits per heavy atom. The SMILES string of the molecule is O=S1CCN(c2ncc(Br)cc2Br)CC1. The molecule has 1 aliphatic heterocycles. The molecule has 0 radical (unpaired) electrons. The normalized spacial score (nSPS) is 18.1. The molecule has 2 rings (SSSR count). The van der Waals surface area contributed by atoms with Crippen LogP contribution in [-0.2, 0) is 10.8 Å². The summed E-state index contributed by atoms with van der Waals surface area (Å²) in [6.07, 6.45) is 1.78. The lowest BCUT2D eigenvalue weighted by Crippen LogP contribution is -2.38. The van der Waals surface area contributed by atoms with E-state index in [-0.39, 0.29) is 0 Å². The van der Waals surface area contributed by atoms with Crippen molar-refractivity contribution in [2.45, 2.75) is 0 Å². The average Bonchev–Trinajstić information content (AvgIpc) is 2.20. The van der Waals surface area contributed by atoms with Gasteiger partial charge in [0.1, 0.15) is 5.82 Å². The molecule has 1 aromatic heterocycles. The lowest BCUT2D eigenvalue weighted by molar-refractivity contribution is 0.672. The third-order valence-corrected chi connectivity index (χ3v) is 4.56. The summed E-state index contributed by atoms with van der Waals surface area (Å²) in [6.45, 7) is 1.64. The van der Waals surface area contributed by atoms with Crippen molar-refractivity contribution in [2.24, 2.45) is 0 Å². The maximum atomic E-state index is 11.2. The summed E-state index contributed by atoms with van der Waals surface area (Å²) in [5.41, 5.74) is 0. The van der Waals surface area contributed by atoms with Crippen molar-refractivity contribution in [3.63, 3.8) is 0 Å². The van der Waals surface area contributed by atoms with E-state index in [1.807, 2.05) is 6.07 Å². The number of halogens is 2. The fourth-order valence-electron chi connectivity index (χ4n) is 1.49. The van der Waals surface area contributed by atoms with E-state index in [2.05, 4.69) is 41.7 Å². The first-order valence-electron chi connectivity index (χ1n) is 4.58. The number of anilines is 1. The predicted molar refractivity (Wildman–Crippen MR) is 69.7 cm³/mol. The minimum Gasteiger partial charge on any atom is -0.354 e. The van der Waals surface area contributed by atoms with Gasteiger partial charge in [-0.25, -0.2) is 4.98 Å². The summed E-state index contributed by atoms with van der Waals surface area (Å²) < 4.78 is 13.2. The minimum absolute atomic E-state index is 0.640. The fraction of sp³-hybridized carbons (Fsp3) is 0.444. The average molecular weight is 354 g/mol. The molecule has 0 bridgehead atoms. The first kappa shape index (κ1) is 11.5. The molecule has 6 heteroatoms. The minimum atomic E-state index is -0.640. The molecule has 1 fully saturated rings. The Labute approximate surface area is 108 Å². The van der Waals surface area contributed by atoms with Gasteiger partial charge in [-0.1, -0.05) is 0 Å². The van der Waals surface area contributed by atoms with E-state index in [0.717, 1.165) is 39.4 Å². The van der Waals surface area contributed by atoms with Gasteiger partial charge in [0, 0.05) is 46.1 Å². The highest BCUT2D eigenvalue weighted by molar-refractivity contribution is 9.11. The van der Waals surface area contributed by atoms with E-state index < -0.39 is 10.8 Å². The summed E-state index contributed by atoms with van der Waals surface area (Å²) in [6, 6.07) is 1.98. The van der Waals surface area contributed by atoms with E-state index in [1.165, 1.54) is 0 Å². The van der Waals surface area contributed by atoms with Crippen LogP contribution in [0.3, 0.4) is 0 Å². The number of hydrogen-bond acceptors (Lipinski definition) is 3. The number of pyridine rings is 1. The van der Waals surface area contributed by atoms with Gasteiger partial charge in [0.05, 0.1) is 4.47 Å². The molecule has 0 aliphatic carbocycles. The van der Waals surface area contributed by atoms with Crippen LogP contribution < -0.4 is 4.90 Å². The van der Waals surface area contributed by atoms with Crippen molar-refractivity contribution in [2.75, 3.05) is 29.5 Å². The number of rotatable bonds is 1. The van der Waals surface area contributed by atoms with E-state index in [0.29, 0.717) is 0 Å². The Morgan fingerprint density at radius 1 is 1.33 bits per heavy atom. The molecule has 0 aromatic carbocycles. The molecule has 0 atom stereocenters. The molecule has 1 saturated heterocycles. The molecule has 0 amide bonds. The zero-order valence-electron chi connectivity index (χ0n) is 7.95. The van der Waals surface area contributed by atoms with Gasteiger partial charge in [-0.15, -0.1) is 0 Å². The smallest absolute Gasteiger partial charge is 0.142 e. The van der Waals surface area contributed by atoms with Crippen LogP contribution in [0.1, 0.15) is 0 Å². The number of hydrogen-bond donors (Lipinski definition) is 0. The quantitative estimate of drug-likeness (QED) is 0.775. The van der Waals surface area contributed by atoms with Crippen LogP contribution in [0.25, 0.3) is 0 Å². The van der Waals surface area contributed by atoms with Crippen LogP contribution in [0.4, 0.5) is 5.82 Å². The van der Waals surface area contributed by atoms with Crippen molar-refractivity contribution < 1.29 is 4.21 Å². The third kappa shape index (κ3) is 2.79. The Bertz CT molecular complexity index is 390. The van der Waals surface area contributed by atoms with Crippen molar-refractivity contribution >= 4 is 48.5 Å². The lowest BCUT2D eigenvalue weighted by Gasteiger charge is -2.28. The van der Waals surface area contributed by atoms with Crippen LogP contribution in [0.2, 0.25) is 0 Å². The van der Waals surface area contributed by atoms with Crippen LogP contribution in [0, 0.1) is 0 Å². The van der Waals surface area contributed by atoms with Gasteiger partial charge in [0.2, 0.25) is 0 Å². The second kappa shape index (κ2) is 4.93. The molecule has 15 heavy (non-hydrogen) atoms. The van der Waals surface area contributed by atoms with Gasteiger partial charge in [-0.3, -0.25) is 4.21 Å². The highest BCUT2D eigenvalue weighted by Crippen LogP contribution is 2.27. The first-order chi connectivity index (χ1) is 7.16. The largest absolute Gasteiger partial charge is 0.354 e. The molecule has 1 aliphatic rings. The van der Waals surface area contributed by atoms with Gasteiger partial charge >= 0.3 is 0 Å². The van der Waals surface area contributed by atoms with Crippen molar-refractivity contribution in [1.82, 2.24) is 4.98 Å². The van der Waals surface area contributed by atoms with E-state index in [1.54, 1.807) is 6.20 Å². The van der Waals surface area contributed by atoms with Gasteiger partial charge in [0.15, 0.2) is 0 Å². The Morgan fingerprint density at radius 3 is 2.60 bits per heavy atom. The van der Waals surface area contributed by atoms with Crippen molar-refractivity contribution in [3.8, 4) is 0 Å². The molecule has 3 nitrogen and oxygen atoms in total. The Balaban J connectivity index is 2.19. The Hall–Kier alpha value is 0.0600. The summed E-state index contributed by atoms with van der Waals surface area (Å²) in [7, 11) is -0.640. The zero-order chi connectivity index (χ0) is 10.8. The van der Waals surface area contributed by atoms with Crippen LogP contribution in [0.15, 0.2) is 21.2 Å². The first-order valence-corrected chi connectivity index (χ1v) is 7.65.